The molecule has 0 unspecified atom stereocenters. The van der Waals surface area contributed by atoms with Gasteiger partial charge in [-0.1, -0.05) is 0 Å². The first-order chi connectivity index (χ1) is 0. The minimum absolute atomic E-state index is 0. The van der Waals surface area contributed by atoms with E-state index in [4.69, 9.17) is 0 Å². The molecule has 0 aliphatic rings. The van der Waals surface area contributed by atoms with E-state index in [1.165, 1.54) is 0 Å². The Bertz CT molecular complexity index is 14.0. The summed E-state index contributed by atoms with van der Waals surface area (Å²) < 4.78 is 0. The maximum atomic E-state index is 0. The van der Waals surface area contributed by atoms with E-state index in [0.29, 0.717) is 0 Å². The molecule has 14 heavy (non-hydrogen) atoms. The minimum Gasteiger partial charge on any atom is -1.00 e. The molecule has 0 saturated carbocycles. The van der Waals surface area contributed by atoms with Crippen LogP contribution in [0.25, 0.3) is 0 Å². The van der Waals surface area contributed by atoms with Crippen molar-refractivity contribution in [2.45, 2.75) is 0 Å². The van der Waals surface area contributed by atoms with Gasteiger partial charge in [-0.15, -0.1) is 0 Å². The number of rotatable bonds is 0. The molecule has 56 valence electrons. The molecule has 14 heteroatoms. The molecule has 0 aliphatic carbocycles. The smallest absolute Gasteiger partial charge is 1.00 e. The molecule has 0 bridgehead atoms. The molecule has 0 heterocycles. The predicted octanol–water partition coefficient (Wildman–Crippen LogP) is -41.9. The second kappa shape index (κ2) is 119. The van der Waals surface area contributed by atoms with Crippen LogP contribution < -0.4 is 294 Å². The first-order valence-corrected chi connectivity index (χ1v) is 0. The first-order valence-electron chi connectivity index (χ1n) is 0. The maximum Gasteiger partial charge on any atom is 1.00 e. The van der Waals surface area contributed by atoms with E-state index < -0.39 is 0 Å². The summed E-state index contributed by atoms with van der Waals surface area (Å²) in [5.74, 6) is 0. The third kappa shape index (κ3) is 103. The van der Waals surface area contributed by atoms with Gasteiger partial charge in [-0.05, 0) is 0 Å². The van der Waals surface area contributed by atoms with Gasteiger partial charge in [0.1, 0.15) is 0 Å². The summed E-state index contributed by atoms with van der Waals surface area (Å²) in [4.78, 5) is 0. The van der Waals surface area contributed by atoms with E-state index in [1.807, 2.05) is 0 Å². The summed E-state index contributed by atoms with van der Waals surface area (Å²) in [6.45, 7) is 0. The molecular formula is Cl7Na7. The Morgan fingerprint density at radius 3 is 0.143 bits per heavy atom. The summed E-state index contributed by atoms with van der Waals surface area (Å²) in [7, 11) is 0. The van der Waals surface area contributed by atoms with Crippen LogP contribution in [0.1, 0.15) is 0 Å². The third-order valence-corrected chi connectivity index (χ3v) is 0. The van der Waals surface area contributed by atoms with Gasteiger partial charge in [-0.2, -0.15) is 0 Å². The molecule has 0 N–H and O–H groups in total. The zero-order chi connectivity index (χ0) is 0. The van der Waals surface area contributed by atoms with Crippen molar-refractivity contribution in [2.75, 3.05) is 0 Å². The molecule has 0 aromatic carbocycles. The second-order valence-electron chi connectivity index (χ2n) is 0. The zero-order valence-corrected chi connectivity index (χ0v) is 28.9. The standard InChI is InChI=1S/7ClH.7Na/h7*1H;;;;;;;/q;;;;;;;7*+1/p-7. The Morgan fingerprint density at radius 2 is 0.143 bits per heavy atom. The molecule has 0 aromatic heterocycles. The van der Waals surface area contributed by atoms with Gasteiger partial charge in [0.05, 0.1) is 0 Å². The van der Waals surface area contributed by atoms with Crippen molar-refractivity contribution in [2.24, 2.45) is 0 Å². The van der Waals surface area contributed by atoms with Crippen LogP contribution in [-0.2, 0) is 0 Å². The molecule has 0 aromatic rings. The topological polar surface area (TPSA) is 0 Å². The fourth-order valence-corrected chi connectivity index (χ4v) is 0. The van der Waals surface area contributed by atoms with Gasteiger partial charge in [0.25, 0.3) is 0 Å². The molecule has 0 saturated heterocycles. The van der Waals surface area contributed by atoms with Crippen molar-refractivity contribution in [3.8, 4) is 0 Å². The van der Waals surface area contributed by atoms with Crippen molar-refractivity contribution in [1.82, 2.24) is 0 Å². The normalized spacial score (nSPS) is 0. The molecule has 0 atom stereocenters. The van der Waals surface area contributed by atoms with E-state index in [9.17, 15) is 0 Å². The van der Waals surface area contributed by atoms with E-state index in [-0.39, 0.29) is 294 Å². The summed E-state index contributed by atoms with van der Waals surface area (Å²) in [6.07, 6.45) is 0. The Hall–Kier alpha value is 9.03. The van der Waals surface area contributed by atoms with Crippen LogP contribution in [0, 0.1) is 0 Å². The quantitative estimate of drug-likeness (QED) is 0.349. The predicted molar refractivity (Wildman–Crippen MR) is 0 cm³/mol. The molecule has 0 spiro atoms. The summed E-state index contributed by atoms with van der Waals surface area (Å²) in [6, 6.07) is 0. The van der Waals surface area contributed by atoms with Crippen molar-refractivity contribution in [1.29, 1.82) is 0 Å². The van der Waals surface area contributed by atoms with E-state index >= 15 is 0 Å². The SMILES string of the molecule is [Cl-].[Cl-].[Cl-].[Cl-].[Cl-].[Cl-].[Cl-].[Na+].[Na+].[Na+].[Na+].[Na+].[Na+].[Na+]. The average molecular weight is 409 g/mol. The number of hydrogen-bond acceptors (Lipinski definition) is 0. The van der Waals surface area contributed by atoms with E-state index in [1.54, 1.807) is 0 Å². The molecular weight excluding hydrogens is 409 g/mol. The molecule has 0 fully saturated rings. The molecule has 0 aliphatic heterocycles. The summed E-state index contributed by atoms with van der Waals surface area (Å²) in [5, 5.41) is 0. The Kier molecular flexibility index (Phi) is 1170. The summed E-state index contributed by atoms with van der Waals surface area (Å²) >= 11 is 0. The molecule has 0 rings (SSSR count). The van der Waals surface area contributed by atoms with Crippen LogP contribution in [0.5, 0.6) is 0 Å². The molecule has 0 nitrogen and oxygen atoms in total. The van der Waals surface area contributed by atoms with Gasteiger partial charge in [-0.3, -0.25) is 0 Å². The average Bonchev–Trinajstić information content (AvgIpc) is 0. The van der Waals surface area contributed by atoms with Crippen LogP contribution in [0.4, 0.5) is 0 Å². The van der Waals surface area contributed by atoms with Gasteiger partial charge >= 0.3 is 207 Å². The minimum atomic E-state index is 0. The molecule has 0 radical (unpaired) electrons. The fraction of sp³-hybridized carbons (Fsp3) is 0. The number of halogens is 7. The van der Waals surface area contributed by atoms with Crippen LogP contribution in [0.2, 0.25) is 0 Å². The van der Waals surface area contributed by atoms with Gasteiger partial charge in [0.2, 0.25) is 0 Å². The van der Waals surface area contributed by atoms with Crippen LogP contribution in [-0.4, -0.2) is 0 Å². The van der Waals surface area contributed by atoms with E-state index in [0.717, 1.165) is 0 Å². The van der Waals surface area contributed by atoms with Gasteiger partial charge in [0.15, 0.2) is 0 Å². The monoisotopic (exact) mass is 406 g/mol. The first kappa shape index (κ1) is 137. The zero-order valence-electron chi connectivity index (χ0n) is 9.65. The third-order valence-electron chi connectivity index (χ3n) is 0. The van der Waals surface area contributed by atoms with Crippen molar-refractivity contribution < 1.29 is 294 Å². The largest absolute Gasteiger partial charge is 1.00 e. The van der Waals surface area contributed by atoms with Gasteiger partial charge in [-0.25, -0.2) is 0 Å². The fourth-order valence-electron chi connectivity index (χ4n) is 0. The van der Waals surface area contributed by atoms with Crippen molar-refractivity contribution >= 4 is 0 Å². The number of hydrogen-bond donors (Lipinski definition) is 0. The van der Waals surface area contributed by atoms with Crippen LogP contribution >= 0.6 is 0 Å². The van der Waals surface area contributed by atoms with Gasteiger partial charge in [0, 0.05) is 0 Å². The Labute approximate surface area is 285 Å². The van der Waals surface area contributed by atoms with Crippen LogP contribution in [0.15, 0.2) is 0 Å². The van der Waals surface area contributed by atoms with Crippen molar-refractivity contribution in [3.63, 3.8) is 0 Å². The summed E-state index contributed by atoms with van der Waals surface area (Å²) in [5.41, 5.74) is 0. The van der Waals surface area contributed by atoms with Crippen LogP contribution in [0.3, 0.4) is 0 Å². The molecule has 0 amide bonds. The van der Waals surface area contributed by atoms with Crippen molar-refractivity contribution in [3.05, 3.63) is 0 Å². The second-order valence-corrected chi connectivity index (χ2v) is 0. The Morgan fingerprint density at radius 1 is 0.143 bits per heavy atom. The maximum absolute atomic E-state index is 0. The Balaban J connectivity index is 0. The van der Waals surface area contributed by atoms with Gasteiger partial charge < -0.3 is 86.8 Å². The van der Waals surface area contributed by atoms with E-state index in [2.05, 4.69) is 0 Å².